The van der Waals surface area contributed by atoms with Crippen molar-refractivity contribution in [2.45, 2.75) is 63.2 Å². The summed E-state index contributed by atoms with van der Waals surface area (Å²) < 4.78 is 43.5. The smallest absolute Gasteiger partial charge is 0.384 e. The van der Waals surface area contributed by atoms with E-state index in [-0.39, 0.29) is 30.8 Å². The van der Waals surface area contributed by atoms with Gasteiger partial charge in [-0.15, -0.1) is 0 Å². The average Bonchev–Trinajstić information content (AvgIpc) is 2.53. The Morgan fingerprint density at radius 2 is 1.87 bits per heavy atom. The van der Waals surface area contributed by atoms with Crippen molar-refractivity contribution in [3.8, 4) is 0 Å². The molecule has 0 spiro atoms. The summed E-state index contributed by atoms with van der Waals surface area (Å²) in [7, 11) is 1.57. The Morgan fingerprint density at radius 1 is 1.17 bits per heavy atom. The average molecular weight is 336 g/mol. The Hall–Kier alpha value is -0.820. The molecule has 0 aromatic heterocycles. The van der Waals surface area contributed by atoms with Crippen LogP contribution < -0.4 is 5.32 Å². The fourth-order valence-corrected chi connectivity index (χ4v) is 3.61. The van der Waals surface area contributed by atoms with Crippen LogP contribution in [0.15, 0.2) is 0 Å². The second kappa shape index (κ2) is 8.33. The second-order valence-corrected chi connectivity index (χ2v) is 6.67. The molecule has 4 nitrogen and oxygen atoms in total. The van der Waals surface area contributed by atoms with Crippen LogP contribution in [0.25, 0.3) is 0 Å². The summed E-state index contributed by atoms with van der Waals surface area (Å²) in [6.07, 6.45) is -0.153. The van der Waals surface area contributed by atoms with Crippen LogP contribution in [-0.4, -0.2) is 55.9 Å². The lowest BCUT2D eigenvalue weighted by molar-refractivity contribution is -0.184. The number of carbonyl (C=O) groups excluding carboxylic acids is 1. The van der Waals surface area contributed by atoms with Crippen LogP contribution >= 0.6 is 0 Å². The van der Waals surface area contributed by atoms with Crippen LogP contribution in [0.3, 0.4) is 0 Å². The summed E-state index contributed by atoms with van der Waals surface area (Å²) in [5, 5.41) is 3.40. The van der Waals surface area contributed by atoms with Crippen LogP contribution in [0.4, 0.5) is 13.2 Å². The summed E-state index contributed by atoms with van der Waals surface area (Å²) in [5.74, 6) is -1.07. The first-order valence-electron chi connectivity index (χ1n) is 8.49. The van der Waals surface area contributed by atoms with Crippen molar-refractivity contribution in [1.82, 2.24) is 10.2 Å². The van der Waals surface area contributed by atoms with Crippen LogP contribution in [-0.2, 0) is 9.53 Å². The lowest BCUT2D eigenvalue weighted by atomic mass is 9.84. The number of hydrogen-bond acceptors (Lipinski definition) is 3. The molecule has 7 heteroatoms. The number of rotatable bonds is 5. The van der Waals surface area contributed by atoms with E-state index in [1.54, 1.807) is 7.11 Å². The van der Waals surface area contributed by atoms with Gasteiger partial charge < -0.3 is 15.0 Å². The van der Waals surface area contributed by atoms with Crippen molar-refractivity contribution in [3.05, 3.63) is 0 Å². The van der Waals surface area contributed by atoms with Crippen molar-refractivity contribution in [3.63, 3.8) is 0 Å². The SMILES string of the molecule is COCCC(=O)N1CCC(NC2CCCC(C(F)(F)F)C2)CC1. The largest absolute Gasteiger partial charge is 0.391 e. The molecule has 1 aliphatic heterocycles. The molecule has 134 valence electrons. The number of amides is 1. The lowest BCUT2D eigenvalue weighted by Crippen LogP contribution is -2.49. The number of halogens is 3. The Bertz CT molecular complexity index is 382. The predicted octanol–water partition coefficient (Wildman–Crippen LogP) is 2.72. The summed E-state index contributed by atoms with van der Waals surface area (Å²) in [6, 6.07) is 0.176. The van der Waals surface area contributed by atoms with Crippen molar-refractivity contribution in [2.75, 3.05) is 26.8 Å². The van der Waals surface area contributed by atoms with Gasteiger partial charge >= 0.3 is 6.18 Å². The highest BCUT2D eigenvalue weighted by Gasteiger charge is 2.42. The van der Waals surface area contributed by atoms with Gasteiger partial charge in [0.05, 0.1) is 18.9 Å². The zero-order chi connectivity index (χ0) is 16.9. The molecule has 0 aromatic rings. The maximum Gasteiger partial charge on any atom is 0.391 e. The second-order valence-electron chi connectivity index (χ2n) is 6.67. The standard InChI is InChI=1S/C16H27F3N2O2/c1-23-10-7-15(22)21-8-5-13(6-9-21)20-14-4-2-3-12(11-14)16(17,18)19/h12-14,20H,2-11H2,1H3. The molecule has 1 saturated heterocycles. The van der Waals surface area contributed by atoms with Gasteiger partial charge in [-0.1, -0.05) is 6.42 Å². The number of nitrogens with one attached hydrogen (secondary N) is 1. The summed E-state index contributed by atoms with van der Waals surface area (Å²) in [6.45, 7) is 1.78. The molecule has 1 N–H and O–H groups in total. The number of alkyl halides is 3. The Labute approximate surface area is 135 Å². The van der Waals surface area contributed by atoms with Crippen LogP contribution in [0.5, 0.6) is 0 Å². The first-order valence-corrected chi connectivity index (χ1v) is 8.49. The molecule has 1 heterocycles. The zero-order valence-corrected chi connectivity index (χ0v) is 13.7. The Balaban J connectivity index is 1.73. The molecule has 1 aliphatic carbocycles. The number of methoxy groups -OCH3 is 1. The number of hydrogen-bond donors (Lipinski definition) is 1. The number of likely N-dealkylation sites (tertiary alicyclic amines) is 1. The van der Waals surface area contributed by atoms with Gasteiger partial charge in [-0.3, -0.25) is 4.79 Å². The highest BCUT2D eigenvalue weighted by atomic mass is 19.4. The number of nitrogens with zero attached hydrogens (tertiary/aromatic N) is 1. The van der Waals surface area contributed by atoms with Gasteiger partial charge in [0.2, 0.25) is 5.91 Å². The molecule has 2 aliphatic rings. The minimum absolute atomic E-state index is 0.0453. The molecule has 2 unspecified atom stereocenters. The quantitative estimate of drug-likeness (QED) is 0.839. The molecular weight excluding hydrogens is 309 g/mol. The van der Waals surface area contributed by atoms with Gasteiger partial charge in [0.25, 0.3) is 0 Å². The van der Waals surface area contributed by atoms with Crippen molar-refractivity contribution >= 4 is 5.91 Å². The third-order valence-electron chi connectivity index (χ3n) is 4.98. The van der Waals surface area contributed by atoms with E-state index in [9.17, 15) is 18.0 Å². The first kappa shape index (κ1) is 18.5. The van der Waals surface area contributed by atoms with Crippen molar-refractivity contribution in [2.24, 2.45) is 5.92 Å². The van der Waals surface area contributed by atoms with E-state index in [1.165, 1.54) is 0 Å². The molecule has 1 saturated carbocycles. The Morgan fingerprint density at radius 3 is 2.48 bits per heavy atom. The molecule has 2 rings (SSSR count). The van der Waals surface area contributed by atoms with E-state index in [0.717, 1.165) is 19.3 Å². The molecular formula is C16H27F3N2O2. The summed E-state index contributed by atoms with van der Waals surface area (Å²) >= 11 is 0. The van der Waals surface area contributed by atoms with Crippen LogP contribution in [0, 0.1) is 5.92 Å². The third kappa shape index (κ3) is 5.64. The maximum absolute atomic E-state index is 12.9. The van der Waals surface area contributed by atoms with E-state index in [0.29, 0.717) is 32.5 Å². The van der Waals surface area contributed by atoms with Gasteiger partial charge in [-0.05, 0) is 32.1 Å². The van der Waals surface area contributed by atoms with E-state index in [1.807, 2.05) is 4.90 Å². The normalized spacial score (nSPS) is 27.2. The van der Waals surface area contributed by atoms with Gasteiger partial charge in [-0.25, -0.2) is 0 Å². The van der Waals surface area contributed by atoms with Gasteiger partial charge in [-0.2, -0.15) is 13.2 Å². The minimum atomic E-state index is -4.07. The molecule has 1 amide bonds. The topological polar surface area (TPSA) is 41.6 Å². The van der Waals surface area contributed by atoms with Crippen molar-refractivity contribution < 1.29 is 22.7 Å². The molecule has 23 heavy (non-hydrogen) atoms. The fourth-order valence-electron chi connectivity index (χ4n) is 3.61. The molecule has 2 atom stereocenters. The van der Waals surface area contributed by atoms with E-state index >= 15 is 0 Å². The molecule has 0 radical (unpaired) electrons. The molecule has 2 fully saturated rings. The maximum atomic E-state index is 12.9. The number of ether oxygens (including phenoxy) is 1. The van der Waals surface area contributed by atoms with Gasteiger partial charge in [0.1, 0.15) is 0 Å². The lowest BCUT2D eigenvalue weighted by Gasteiger charge is -2.37. The van der Waals surface area contributed by atoms with Gasteiger partial charge in [0.15, 0.2) is 0 Å². The predicted molar refractivity (Wildman–Crippen MR) is 81.0 cm³/mol. The monoisotopic (exact) mass is 336 g/mol. The molecule has 0 aromatic carbocycles. The third-order valence-corrected chi connectivity index (χ3v) is 4.98. The summed E-state index contributed by atoms with van der Waals surface area (Å²) in [4.78, 5) is 13.7. The highest BCUT2D eigenvalue weighted by Crippen LogP contribution is 2.37. The molecule has 0 bridgehead atoms. The fraction of sp³-hybridized carbons (Fsp3) is 0.938. The van der Waals surface area contributed by atoms with E-state index in [4.69, 9.17) is 4.74 Å². The Kier molecular flexibility index (Phi) is 6.71. The first-order chi connectivity index (χ1) is 10.9. The summed E-state index contributed by atoms with van der Waals surface area (Å²) in [5.41, 5.74) is 0. The number of piperidine rings is 1. The van der Waals surface area contributed by atoms with E-state index < -0.39 is 12.1 Å². The van der Waals surface area contributed by atoms with Crippen LogP contribution in [0.2, 0.25) is 0 Å². The van der Waals surface area contributed by atoms with Crippen molar-refractivity contribution in [1.29, 1.82) is 0 Å². The zero-order valence-electron chi connectivity index (χ0n) is 13.7. The number of carbonyl (C=O) groups is 1. The van der Waals surface area contributed by atoms with Crippen LogP contribution in [0.1, 0.15) is 44.9 Å². The van der Waals surface area contributed by atoms with Gasteiger partial charge in [0, 0.05) is 32.3 Å². The van der Waals surface area contributed by atoms with E-state index in [2.05, 4.69) is 5.32 Å². The minimum Gasteiger partial charge on any atom is -0.384 e. The highest BCUT2D eigenvalue weighted by molar-refractivity contribution is 5.76.